The average molecular weight is 239 g/mol. The Kier molecular flexibility index (Phi) is 4.16. The summed E-state index contributed by atoms with van der Waals surface area (Å²) in [5.74, 6) is 0.412. The maximum Gasteiger partial charge on any atom is 0.0101 e. The standard InChI is InChI=1S/C17H21N/c1-13-6-8-15(9-7-13)17(10-11-18)16-5-3-4-14(2)12-16/h3-9,12,17H,10-11,18H2,1-2H3. The van der Waals surface area contributed by atoms with Gasteiger partial charge in [0.1, 0.15) is 0 Å². The lowest BCUT2D eigenvalue weighted by molar-refractivity contribution is 0.725. The van der Waals surface area contributed by atoms with E-state index in [1.807, 2.05) is 0 Å². The minimum atomic E-state index is 0.412. The van der Waals surface area contributed by atoms with Gasteiger partial charge in [0.25, 0.3) is 0 Å². The van der Waals surface area contributed by atoms with Crippen molar-refractivity contribution in [3.8, 4) is 0 Å². The van der Waals surface area contributed by atoms with Crippen LogP contribution in [0.3, 0.4) is 0 Å². The van der Waals surface area contributed by atoms with Crippen LogP contribution in [0.25, 0.3) is 0 Å². The summed E-state index contributed by atoms with van der Waals surface area (Å²) in [5, 5.41) is 0. The molecule has 0 aromatic heterocycles. The van der Waals surface area contributed by atoms with E-state index in [0.717, 1.165) is 6.42 Å². The number of hydrogen-bond donors (Lipinski definition) is 1. The zero-order chi connectivity index (χ0) is 13.0. The highest BCUT2D eigenvalue weighted by atomic mass is 14.5. The van der Waals surface area contributed by atoms with Crippen LogP contribution in [-0.4, -0.2) is 6.54 Å². The molecule has 1 unspecified atom stereocenters. The highest BCUT2D eigenvalue weighted by molar-refractivity contribution is 5.35. The van der Waals surface area contributed by atoms with Crippen molar-refractivity contribution in [2.45, 2.75) is 26.2 Å². The van der Waals surface area contributed by atoms with Crippen molar-refractivity contribution in [1.29, 1.82) is 0 Å². The van der Waals surface area contributed by atoms with Crippen LogP contribution in [0, 0.1) is 13.8 Å². The number of hydrogen-bond acceptors (Lipinski definition) is 1. The van der Waals surface area contributed by atoms with Gasteiger partial charge in [-0.15, -0.1) is 0 Å². The maximum atomic E-state index is 5.77. The molecule has 2 aromatic rings. The molecule has 0 saturated carbocycles. The summed E-state index contributed by atoms with van der Waals surface area (Å²) in [6, 6.07) is 17.5. The summed E-state index contributed by atoms with van der Waals surface area (Å²) >= 11 is 0. The van der Waals surface area contributed by atoms with Gasteiger partial charge < -0.3 is 5.73 Å². The Morgan fingerprint density at radius 3 is 2.22 bits per heavy atom. The third-order valence-electron chi connectivity index (χ3n) is 3.38. The fourth-order valence-corrected chi connectivity index (χ4v) is 2.38. The minimum Gasteiger partial charge on any atom is -0.330 e. The van der Waals surface area contributed by atoms with Gasteiger partial charge in [-0.3, -0.25) is 0 Å². The highest BCUT2D eigenvalue weighted by Crippen LogP contribution is 2.28. The van der Waals surface area contributed by atoms with Gasteiger partial charge in [-0.05, 0) is 37.9 Å². The van der Waals surface area contributed by atoms with Gasteiger partial charge in [0, 0.05) is 5.92 Å². The second-order valence-corrected chi connectivity index (χ2v) is 4.95. The Labute approximate surface area is 110 Å². The molecule has 1 nitrogen and oxygen atoms in total. The van der Waals surface area contributed by atoms with Crippen molar-refractivity contribution in [1.82, 2.24) is 0 Å². The molecule has 2 aromatic carbocycles. The maximum absolute atomic E-state index is 5.77. The molecule has 2 N–H and O–H groups in total. The molecule has 0 fully saturated rings. The largest absolute Gasteiger partial charge is 0.330 e. The van der Waals surface area contributed by atoms with Crippen molar-refractivity contribution in [2.75, 3.05) is 6.54 Å². The fraction of sp³-hybridized carbons (Fsp3) is 0.294. The van der Waals surface area contributed by atoms with Crippen LogP contribution in [0.4, 0.5) is 0 Å². The van der Waals surface area contributed by atoms with Gasteiger partial charge in [-0.1, -0.05) is 59.7 Å². The Morgan fingerprint density at radius 1 is 0.889 bits per heavy atom. The van der Waals surface area contributed by atoms with E-state index in [0.29, 0.717) is 12.5 Å². The molecule has 0 saturated heterocycles. The smallest absolute Gasteiger partial charge is 0.0101 e. The van der Waals surface area contributed by atoms with Crippen molar-refractivity contribution in [3.05, 3.63) is 70.8 Å². The lowest BCUT2D eigenvalue weighted by atomic mass is 9.87. The van der Waals surface area contributed by atoms with Crippen LogP contribution in [0.2, 0.25) is 0 Å². The summed E-state index contributed by atoms with van der Waals surface area (Å²) in [6.45, 7) is 4.97. The third kappa shape index (κ3) is 2.99. The van der Waals surface area contributed by atoms with E-state index in [9.17, 15) is 0 Å². The van der Waals surface area contributed by atoms with Gasteiger partial charge in [-0.25, -0.2) is 0 Å². The molecular weight excluding hydrogens is 218 g/mol. The van der Waals surface area contributed by atoms with E-state index in [2.05, 4.69) is 62.4 Å². The van der Waals surface area contributed by atoms with Gasteiger partial charge in [0.2, 0.25) is 0 Å². The molecule has 0 bridgehead atoms. The van der Waals surface area contributed by atoms with Crippen molar-refractivity contribution < 1.29 is 0 Å². The van der Waals surface area contributed by atoms with Crippen LogP contribution in [0.1, 0.15) is 34.6 Å². The first-order chi connectivity index (χ1) is 8.70. The third-order valence-corrected chi connectivity index (χ3v) is 3.38. The van der Waals surface area contributed by atoms with Crippen molar-refractivity contribution in [3.63, 3.8) is 0 Å². The van der Waals surface area contributed by atoms with Gasteiger partial charge >= 0.3 is 0 Å². The van der Waals surface area contributed by atoms with Gasteiger partial charge in [0.05, 0.1) is 0 Å². The summed E-state index contributed by atoms with van der Waals surface area (Å²) in [7, 11) is 0. The molecule has 18 heavy (non-hydrogen) atoms. The van der Waals surface area contributed by atoms with E-state index in [-0.39, 0.29) is 0 Å². The van der Waals surface area contributed by atoms with Crippen LogP contribution in [0.15, 0.2) is 48.5 Å². The zero-order valence-electron chi connectivity index (χ0n) is 11.2. The van der Waals surface area contributed by atoms with Crippen LogP contribution in [-0.2, 0) is 0 Å². The lowest BCUT2D eigenvalue weighted by Crippen LogP contribution is -2.09. The predicted octanol–water partition coefficient (Wildman–Crippen LogP) is 3.78. The topological polar surface area (TPSA) is 26.0 Å². The molecule has 0 amide bonds. The molecule has 0 radical (unpaired) electrons. The van der Waals surface area contributed by atoms with Crippen LogP contribution < -0.4 is 5.73 Å². The van der Waals surface area contributed by atoms with E-state index in [1.54, 1.807) is 0 Å². The Hall–Kier alpha value is -1.60. The summed E-state index contributed by atoms with van der Waals surface area (Å²) in [4.78, 5) is 0. The number of nitrogens with two attached hydrogens (primary N) is 1. The molecule has 1 atom stereocenters. The summed E-state index contributed by atoms with van der Waals surface area (Å²) in [5.41, 5.74) is 11.1. The van der Waals surface area contributed by atoms with Crippen LogP contribution >= 0.6 is 0 Å². The molecule has 2 rings (SSSR count). The Balaban J connectivity index is 2.36. The Morgan fingerprint density at radius 2 is 1.61 bits per heavy atom. The lowest BCUT2D eigenvalue weighted by Gasteiger charge is -2.18. The predicted molar refractivity (Wildman–Crippen MR) is 77.9 cm³/mol. The average Bonchev–Trinajstić information content (AvgIpc) is 2.37. The summed E-state index contributed by atoms with van der Waals surface area (Å²) < 4.78 is 0. The molecule has 0 aliphatic rings. The monoisotopic (exact) mass is 239 g/mol. The molecule has 0 aliphatic carbocycles. The van der Waals surface area contributed by atoms with Crippen molar-refractivity contribution in [2.24, 2.45) is 5.73 Å². The zero-order valence-corrected chi connectivity index (χ0v) is 11.2. The quantitative estimate of drug-likeness (QED) is 0.863. The molecule has 94 valence electrons. The normalized spacial score (nSPS) is 12.4. The first-order valence-corrected chi connectivity index (χ1v) is 6.54. The van der Waals surface area contributed by atoms with Crippen LogP contribution in [0.5, 0.6) is 0 Å². The first kappa shape index (κ1) is 12.8. The minimum absolute atomic E-state index is 0.412. The first-order valence-electron chi connectivity index (χ1n) is 6.54. The van der Waals surface area contributed by atoms with Gasteiger partial charge in [0.15, 0.2) is 0 Å². The summed E-state index contributed by atoms with van der Waals surface area (Å²) in [6.07, 6.45) is 0.993. The fourth-order valence-electron chi connectivity index (χ4n) is 2.38. The SMILES string of the molecule is Cc1ccc(C(CCN)c2cccc(C)c2)cc1. The highest BCUT2D eigenvalue weighted by Gasteiger charge is 2.13. The molecular formula is C17H21N. The van der Waals surface area contributed by atoms with Gasteiger partial charge in [-0.2, -0.15) is 0 Å². The van der Waals surface area contributed by atoms with E-state index >= 15 is 0 Å². The number of rotatable bonds is 4. The second kappa shape index (κ2) is 5.83. The molecule has 0 heterocycles. The number of benzene rings is 2. The van der Waals surface area contributed by atoms with E-state index in [1.165, 1.54) is 22.3 Å². The van der Waals surface area contributed by atoms with E-state index < -0.39 is 0 Å². The Bertz CT molecular complexity index is 499. The van der Waals surface area contributed by atoms with Crippen molar-refractivity contribution >= 4 is 0 Å². The number of aryl methyl sites for hydroxylation is 2. The second-order valence-electron chi connectivity index (χ2n) is 4.95. The van der Waals surface area contributed by atoms with E-state index in [4.69, 9.17) is 5.73 Å². The molecule has 0 aliphatic heterocycles. The molecule has 1 heteroatoms. The molecule has 0 spiro atoms.